The zero-order valence-electron chi connectivity index (χ0n) is 12.9. The fourth-order valence-corrected chi connectivity index (χ4v) is 6.71. The Hall–Kier alpha value is -0.370. The van der Waals surface area contributed by atoms with Crippen LogP contribution in [-0.2, 0) is 4.79 Å². The molecule has 0 spiro atoms. The van der Waals surface area contributed by atoms with E-state index in [-0.39, 0.29) is 0 Å². The van der Waals surface area contributed by atoms with Crippen molar-refractivity contribution < 1.29 is 4.79 Å². The van der Waals surface area contributed by atoms with Crippen molar-refractivity contribution in [3.63, 3.8) is 0 Å². The molecule has 2 nitrogen and oxygen atoms in total. The maximum Gasteiger partial charge on any atom is 0.123 e. The Balaban J connectivity index is 1.69. The summed E-state index contributed by atoms with van der Waals surface area (Å²) in [7, 11) is 2.36. The number of piperidine rings is 1. The van der Waals surface area contributed by atoms with Crippen molar-refractivity contribution in [1.29, 1.82) is 0 Å². The Kier molecular flexibility index (Phi) is 3.21. The second-order valence-electron chi connectivity index (χ2n) is 8.19. The zero-order valence-corrected chi connectivity index (χ0v) is 12.9. The van der Waals surface area contributed by atoms with Gasteiger partial charge < -0.3 is 9.69 Å². The van der Waals surface area contributed by atoms with Gasteiger partial charge in [-0.3, -0.25) is 0 Å². The second kappa shape index (κ2) is 4.83. The minimum atomic E-state index is 0.379. The van der Waals surface area contributed by atoms with E-state index < -0.39 is 0 Å². The standard InChI is InChI=1S/C18H29NO/c1-19-9-8-18-7-3-2-4-15(18)17(19)11-14-6-5-13(12-20)10-16(14)18/h12-17H,2-11H2,1H3/t13?,14?,15-,16?,17+,18+/m1/s1. The average molecular weight is 275 g/mol. The third-order valence-electron chi connectivity index (χ3n) is 7.62. The number of likely N-dealkylation sites (tertiary alicyclic amines) is 1. The molecule has 0 aromatic heterocycles. The lowest BCUT2D eigenvalue weighted by Crippen LogP contribution is -2.63. The van der Waals surface area contributed by atoms with Gasteiger partial charge in [0.05, 0.1) is 0 Å². The van der Waals surface area contributed by atoms with Crippen LogP contribution >= 0.6 is 0 Å². The first-order valence-electron chi connectivity index (χ1n) is 8.90. The third kappa shape index (κ3) is 1.76. The molecule has 3 unspecified atom stereocenters. The van der Waals surface area contributed by atoms with Gasteiger partial charge in [0.15, 0.2) is 0 Å². The summed E-state index contributed by atoms with van der Waals surface area (Å²) < 4.78 is 0. The lowest BCUT2D eigenvalue weighted by Gasteiger charge is -2.65. The number of hydrogen-bond acceptors (Lipinski definition) is 2. The molecule has 0 N–H and O–H groups in total. The predicted octanol–water partition coefficient (Wildman–Crippen LogP) is 3.50. The molecule has 3 saturated carbocycles. The monoisotopic (exact) mass is 275 g/mol. The van der Waals surface area contributed by atoms with E-state index in [0.717, 1.165) is 23.8 Å². The first-order chi connectivity index (χ1) is 9.74. The number of rotatable bonds is 1. The first-order valence-corrected chi connectivity index (χ1v) is 8.90. The van der Waals surface area contributed by atoms with Crippen molar-refractivity contribution in [3.05, 3.63) is 0 Å². The van der Waals surface area contributed by atoms with E-state index in [0.29, 0.717) is 11.3 Å². The van der Waals surface area contributed by atoms with Crippen molar-refractivity contribution in [2.75, 3.05) is 13.6 Å². The van der Waals surface area contributed by atoms with Gasteiger partial charge in [-0.1, -0.05) is 12.8 Å². The van der Waals surface area contributed by atoms with Crippen LogP contribution in [-0.4, -0.2) is 30.8 Å². The quantitative estimate of drug-likeness (QED) is 0.683. The number of hydrogen-bond donors (Lipinski definition) is 0. The highest BCUT2D eigenvalue weighted by Gasteiger charge is 2.58. The lowest BCUT2D eigenvalue weighted by atomic mass is 9.44. The molecule has 112 valence electrons. The minimum Gasteiger partial charge on any atom is -0.303 e. The van der Waals surface area contributed by atoms with E-state index in [1.165, 1.54) is 70.6 Å². The van der Waals surface area contributed by atoms with Gasteiger partial charge in [-0.25, -0.2) is 0 Å². The lowest BCUT2D eigenvalue weighted by molar-refractivity contribution is -0.154. The molecule has 1 aliphatic heterocycles. The van der Waals surface area contributed by atoms with Crippen LogP contribution < -0.4 is 0 Å². The van der Waals surface area contributed by atoms with Crippen molar-refractivity contribution >= 4 is 6.29 Å². The smallest absolute Gasteiger partial charge is 0.123 e. The maximum absolute atomic E-state index is 11.3. The van der Waals surface area contributed by atoms with Crippen LogP contribution in [0.2, 0.25) is 0 Å². The van der Waals surface area contributed by atoms with Crippen LogP contribution in [0.5, 0.6) is 0 Å². The molecule has 4 aliphatic rings. The van der Waals surface area contributed by atoms with E-state index in [1.54, 1.807) is 0 Å². The van der Waals surface area contributed by atoms with E-state index in [1.807, 2.05) is 0 Å². The Morgan fingerprint density at radius 3 is 2.80 bits per heavy atom. The summed E-state index contributed by atoms with van der Waals surface area (Å²) in [6.45, 7) is 1.30. The number of fused-ring (bicyclic) bond motifs is 1. The molecule has 2 heteroatoms. The molecule has 4 rings (SSSR count). The SMILES string of the molecule is CN1CC[C@@]23CCCC[C@@H]2[C@@H]1CC1CCC(C=O)CC13. The summed E-state index contributed by atoms with van der Waals surface area (Å²) >= 11 is 0. The average Bonchev–Trinajstić information content (AvgIpc) is 2.50. The predicted molar refractivity (Wildman–Crippen MR) is 80.4 cm³/mol. The zero-order chi connectivity index (χ0) is 13.7. The Bertz CT molecular complexity index is 395. The van der Waals surface area contributed by atoms with Crippen LogP contribution in [0.1, 0.15) is 57.8 Å². The summed E-state index contributed by atoms with van der Waals surface area (Å²) in [4.78, 5) is 14.0. The molecule has 1 heterocycles. The minimum absolute atomic E-state index is 0.379. The molecule has 2 bridgehead atoms. The third-order valence-corrected chi connectivity index (χ3v) is 7.62. The summed E-state index contributed by atoms with van der Waals surface area (Å²) in [5.41, 5.74) is 0.625. The molecule has 0 radical (unpaired) electrons. The summed E-state index contributed by atoms with van der Waals surface area (Å²) in [6.07, 6.45) is 13.7. The fourth-order valence-electron chi connectivity index (χ4n) is 6.71. The van der Waals surface area contributed by atoms with Crippen molar-refractivity contribution in [3.8, 4) is 0 Å². The first kappa shape index (κ1) is 13.3. The van der Waals surface area contributed by atoms with Crippen LogP contribution in [0, 0.1) is 29.1 Å². The second-order valence-corrected chi connectivity index (χ2v) is 8.19. The summed E-state index contributed by atoms with van der Waals surface area (Å²) in [6, 6.07) is 0.859. The van der Waals surface area contributed by atoms with Crippen LogP contribution in [0.4, 0.5) is 0 Å². The largest absolute Gasteiger partial charge is 0.303 e. The Morgan fingerprint density at radius 2 is 1.95 bits per heavy atom. The molecule has 20 heavy (non-hydrogen) atoms. The molecule has 4 fully saturated rings. The van der Waals surface area contributed by atoms with Gasteiger partial charge in [0.1, 0.15) is 6.29 Å². The van der Waals surface area contributed by atoms with Gasteiger partial charge in [0.2, 0.25) is 0 Å². The van der Waals surface area contributed by atoms with Gasteiger partial charge in [-0.15, -0.1) is 0 Å². The molecule has 1 saturated heterocycles. The highest BCUT2D eigenvalue weighted by atomic mass is 16.1. The molecule has 6 atom stereocenters. The van der Waals surface area contributed by atoms with E-state index in [4.69, 9.17) is 0 Å². The summed E-state index contributed by atoms with van der Waals surface area (Å²) in [5.74, 6) is 3.13. The normalized spacial score (nSPS) is 52.0. The molecular weight excluding hydrogens is 246 g/mol. The van der Waals surface area contributed by atoms with E-state index in [2.05, 4.69) is 11.9 Å². The molecular formula is C18H29NO. The van der Waals surface area contributed by atoms with Gasteiger partial charge in [0, 0.05) is 12.0 Å². The van der Waals surface area contributed by atoms with Gasteiger partial charge in [0.25, 0.3) is 0 Å². The Morgan fingerprint density at radius 1 is 1.05 bits per heavy atom. The van der Waals surface area contributed by atoms with Crippen molar-refractivity contribution in [1.82, 2.24) is 4.90 Å². The fraction of sp³-hybridized carbons (Fsp3) is 0.944. The van der Waals surface area contributed by atoms with Gasteiger partial charge in [-0.2, -0.15) is 0 Å². The topological polar surface area (TPSA) is 20.3 Å². The van der Waals surface area contributed by atoms with Crippen LogP contribution in [0.15, 0.2) is 0 Å². The highest BCUT2D eigenvalue weighted by Crippen LogP contribution is 2.63. The number of carbonyl (C=O) groups is 1. The highest BCUT2D eigenvalue weighted by molar-refractivity contribution is 5.53. The van der Waals surface area contributed by atoms with Gasteiger partial charge >= 0.3 is 0 Å². The molecule has 3 aliphatic carbocycles. The van der Waals surface area contributed by atoms with E-state index >= 15 is 0 Å². The van der Waals surface area contributed by atoms with Crippen molar-refractivity contribution in [2.45, 2.75) is 63.8 Å². The van der Waals surface area contributed by atoms with Crippen molar-refractivity contribution in [2.24, 2.45) is 29.1 Å². The number of carbonyl (C=O) groups excluding carboxylic acids is 1. The molecule has 0 aromatic rings. The number of aldehydes is 1. The molecule has 0 aromatic carbocycles. The van der Waals surface area contributed by atoms with Crippen LogP contribution in [0.25, 0.3) is 0 Å². The summed E-state index contributed by atoms with van der Waals surface area (Å²) in [5, 5.41) is 0. The van der Waals surface area contributed by atoms with Gasteiger partial charge in [-0.05, 0) is 81.7 Å². The number of nitrogens with zero attached hydrogens (tertiary/aromatic N) is 1. The van der Waals surface area contributed by atoms with Crippen LogP contribution in [0.3, 0.4) is 0 Å². The Labute approximate surface area is 123 Å². The maximum atomic E-state index is 11.3. The molecule has 0 amide bonds. The van der Waals surface area contributed by atoms with E-state index in [9.17, 15) is 4.79 Å².